The second-order valence-corrected chi connectivity index (χ2v) is 3.68. The number of aliphatic carboxylic acids is 1. The molecular weight excluding hydrogens is 222 g/mol. The summed E-state index contributed by atoms with van der Waals surface area (Å²) in [5.74, 6) is -0.874. The SMILES string of the molecule is CCOCCCn1nnc(CC(=O)O)c1CC. The van der Waals surface area contributed by atoms with E-state index in [1.165, 1.54) is 0 Å². The molecule has 0 radical (unpaired) electrons. The van der Waals surface area contributed by atoms with E-state index in [4.69, 9.17) is 9.84 Å². The first kappa shape index (κ1) is 13.6. The van der Waals surface area contributed by atoms with Gasteiger partial charge in [0.1, 0.15) is 0 Å². The van der Waals surface area contributed by atoms with Gasteiger partial charge < -0.3 is 9.84 Å². The monoisotopic (exact) mass is 241 g/mol. The summed E-state index contributed by atoms with van der Waals surface area (Å²) in [5.41, 5.74) is 1.47. The van der Waals surface area contributed by atoms with Crippen molar-refractivity contribution in [2.45, 2.75) is 39.7 Å². The van der Waals surface area contributed by atoms with Crippen LogP contribution in [-0.4, -0.2) is 39.3 Å². The molecule has 0 saturated heterocycles. The van der Waals surface area contributed by atoms with Crippen LogP contribution >= 0.6 is 0 Å². The molecule has 6 nitrogen and oxygen atoms in total. The van der Waals surface area contributed by atoms with E-state index >= 15 is 0 Å². The van der Waals surface area contributed by atoms with Crippen molar-refractivity contribution in [1.82, 2.24) is 15.0 Å². The smallest absolute Gasteiger partial charge is 0.309 e. The number of aryl methyl sites for hydroxylation is 1. The molecule has 0 aromatic carbocycles. The Morgan fingerprint density at radius 2 is 2.24 bits per heavy atom. The molecule has 0 aliphatic carbocycles. The van der Waals surface area contributed by atoms with Gasteiger partial charge in [0.2, 0.25) is 0 Å². The van der Waals surface area contributed by atoms with Gasteiger partial charge in [-0.05, 0) is 19.8 Å². The molecule has 0 aliphatic heterocycles. The molecule has 0 saturated carbocycles. The Kier molecular flexibility index (Phi) is 5.62. The third-order valence-electron chi connectivity index (χ3n) is 2.43. The molecule has 1 N–H and O–H groups in total. The summed E-state index contributed by atoms with van der Waals surface area (Å²) < 4.78 is 7.02. The van der Waals surface area contributed by atoms with Gasteiger partial charge in [-0.15, -0.1) is 5.10 Å². The average molecular weight is 241 g/mol. The topological polar surface area (TPSA) is 77.2 Å². The quantitative estimate of drug-likeness (QED) is 0.684. The summed E-state index contributed by atoms with van der Waals surface area (Å²) in [6.07, 6.45) is 1.54. The Balaban J connectivity index is 2.59. The predicted molar refractivity (Wildman–Crippen MR) is 61.8 cm³/mol. The molecular formula is C11H19N3O3. The highest BCUT2D eigenvalue weighted by atomic mass is 16.5. The summed E-state index contributed by atoms with van der Waals surface area (Å²) in [4.78, 5) is 10.6. The molecule has 0 atom stereocenters. The lowest BCUT2D eigenvalue weighted by molar-refractivity contribution is -0.136. The largest absolute Gasteiger partial charge is 0.481 e. The predicted octanol–water partition coefficient (Wildman–Crippen LogP) is 0.894. The number of aromatic nitrogens is 3. The number of carboxylic acid groups (broad SMARTS) is 1. The van der Waals surface area contributed by atoms with E-state index in [0.29, 0.717) is 18.9 Å². The third kappa shape index (κ3) is 4.14. The lowest BCUT2D eigenvalue weighted by Gasteiger charge is -2.05. The standard InChI is InChI=1S/C11H19N3O3/c1-3-10-9(8-11(15)16)12-13-14(10)6-5-7-17-4-2/h3-8H2,1-2H3,(H,15,16). The fraction of sp³-hybridized carbons (Fsp3) is 0.727. The highest BCUT2D eigenvalue weighted by Crippen LogP contribution is 2.08. The van der Waals surface area contributed by atoms with Gasteiger partial charge in [-0.25, -0.2) is 4.68 Å². The average Bonchev–Trinajstić information content (AvgIpc) is 2.66. The van der Waals surface area contributed by atoms with Crippen LogP contribution in [0.25, 0.3) is 0 Å². The van der Waals surface area contributed by atoms with E-state index in [0.717, 1.165) is 25.1 Å². The Morgan fingerprint density at radius 1 is 1.47 bits per heavy atom. The van der Waals surface area contributed by atoms with Crippen molar-refractivity contribution in [3.63, 3.8) is 0 Å². The Hall–Kier alpha value is -1.43. The van der Waals surface area contributed by atoms with Crippen molar-refractivity contribution in [3.05, 3.63) is 11.4 Å². The zero-order chi connectivity index (χ0) is 12.7. The molecule has 17 heavy (non-hydrogen) atoms. The van der Waals surface area contributed by atoms with Crippen LogP contribution in [-0.2, 0) is 28.9 Å². The third-order valence-corrected chi connectivity index (χ3v) is 2.43. The fourth-order valence-corrected chi connectivity index (χ4v) is 1.68. The van der Waals surface area contributed by atoms with E-state index in [1.54, 1.807) is 4.68 Å². The fourth-order valence-electron chi connectivity index (χ4n) is 1.68. The molecule has 0 spiro atoms. The maximum Gasteiger partial charge on any atom is 0.309 e. The van der Waals surface area contributed by atoms with Crippen molar-refractivity contribution < 1.29 is 14.6 Å². The van der Waals surface area contributed by atoms with Gasteiger partial charge in [0.15, 0.2) is 0 Å². The minimum Gasteiger partial charge on any atom is -0.481 e. The Bertz CT molecular complexity index is 363. The molecule has 0 amide bonds. The number of hydrogen-bond acceptors (Lipinski definition) is 4. The highest BCUT2D eigenvalue weighted by molar-refractivity contribution is 5.69. The van der Waals surface area contributed by atoms with Crippen LogP contribution in [0.2, 0.25) is 0 Å². The van der Waals surface area contributed by atoms with Crippen LogP contribution < -0.4 is 0 Å². The number of carboxylic acids is 1. The van der Waals surface area contributed by atoms with E-state index in [1.807, 2.05) is 13.8 Å². The minimum atomic E-state index is -0.874. The zero-order valence-corrected chi connectivity index (χ0v) is 10.3. The number of ether oxygens (including phenoxy) is 1. The van der Waals surface area contributed by atoms with Crippen LogP contribution in [0, 0.1) is 0 Å². The maximum absolute atomic E-state index is 10.6. The molecule has 0 bridgehead atoms. The van der Waals surface area contributed by atoms with E-state index < -0.39 is 5.97 Å². The number of rotatable bonds is 8. The molecule has 0 fully saturated rings. The maximum atomic E-state index is 10.6. The first-order chi connectivity index (χ1) is 8.19. The van der Waals surface area contributed by atoms with Crippen molar-refractivity contribution in [2.75, 3.05) is 13.2 Å². The normalized spacial score (nSPS) is 10.7. The lowest BCUT2D eigenvalue weighted by atomic mass is 10.2. The summed E-state index contributed by atoms with van der Waals surface area (Å²) in [5, 5.41) is 16.6. The van der Waals surface area contributed by atoms with Crippen LogP contribution in [0.3, 0.4) is 0 Å². The van der Waals surface area contributed by atoms with Crippen molar-refractivity contribution in [3.8, 4) is 0 Å². The number of carbonyl (C=O) groups is 1. The number of nitrogens with zero attached hydrogens (tertiary/aromatic N) is 3. The van der Waals surface area contributed by atoms with Gasteiger partial charge in [0, 0.05) is 19.8 Å². The second-order valence-electron chi connectivity index (χ2n) is 3.68. The Labute approximate surface area is 101 Å². The molecule has 1 heterocycles. The van der Waals surface area contributed by atoms with Crippen LogP contribution in [0.4, 0.5) is 0 Å². The second kappa shape index (κ2) is 7.01. The van der Waals surface area contributed by atoms with Gasteiger partial charge in [-0.2, -0.15) is 0 Å². The first-order valence-electron chi connectivity index (χ1n) is 5.89. The summed E-state index contributed by atoms with van der Waals surface area (Å²) >= 11 is 0. The van der Waals surface area contributed by atoms with Gasteiger partial charge >= 0.3 is 5.97 Å². The molecule has 1 aromatic rings. The van der Waals surface area contributed by atoms with Gasteiger partial charge in [0.05, 0.1) is 17.8 Å². The van der Waals surface area contributed by atoms with Crippen molar-refractivity contribution in [1.29, 1.82) is 0 Å². The summed E-state index contributed by atoms with van der Waals surface area (Å²) in [6, 6.07) is 0. The minimum absolute atomic E-state index is 0.0609. The molecule has 6 heteroatoms. The van der Waals surface area contributed by atoms with E-state index in [2.05, 4.69) is 10.3 Å². The lowest BCUT2D eigenvalue weighted by Crippen LogP contribution is -2.09. The molecule has 0 aliphatic rings. The van der Waals surface area contributed by atoms with Crippen LogP contribution in [0.5, 0.6) is 0 Å². The molecule has 0 unspecified atom stereocenters. The van der Waals surface area contributed by atoms with E-state index in [-0.39, 0.29) is 6.42 Å². The van der Waals surface area contributed by atoms with Gasteiger partial charge in [0.25, 0.3) is 0 Å². The zero-order valence-electron chi connectivity index (χ0n) is 10.3. The molecule has 96 valence electrons. The van der Waals surface area contributed by atoms with Crippen molar-refractivity contribution in [2.24, 2.45) is 0 Å². The van der Waals surface area contributed by atoms with Crippen LogP contribution in [0.1, 0.15) is 31.7 Å². The van der Waals surface area contributed by atoms with Gasteiger partial charge in [-0.1, -0.05) is 12.1 Å². The first-order valence-corrected chi connectivity index (χ1v) is 5.89. The van der Waals surface area contributed by atoms with Crippen LogP contribution in [0.15, 0.2) is 0 Å². The Morgan fingerprint density at radius 3 is 2.82 bits per heavy atom. The summed E-state index contributed by atoms with van der Waals surface area (Å²) in [7, 11) is 0. The number of hydrogen-bond donors (Lipinski definition) is 1. The summed E-state index contributed by atoms with van der Waals surface area (Å²) in [6.45, 7) is 6.05. The van der Waals surface area contributed by atoms with Gasteiger partial charge in [-0.3, -0.25) is 4.79 Å². The van der Waals surface area contributed by atoms with E-state index in [9.17, 15) is 4.79 Å². The highest BCUT2D eigenvalue weighted by Gasteiger charge is 2.13. The molecule has 1 aromatic heterocycles. The van der Waals surface area contributed by atoms with Crippen molar-refractivity contribution >= 4 is 5.97 Å². The molecule has 1 rings (SSSR count).